The summed E-state index contributed by atoms with van der Waals surface area (Å²) in [5, 5.41) is 6.62. The molecule has 0 spiro atoms. The average Bonchev–Trinajstić information content (AvgIpc) is 3.10. The van der Waals surface area contributed by atoms with Crippen LogP contribution in [0.5, 0.6) is 5.75 Å². The van der Waals surface area contributed by atoms with Gasteiger partial charge in [-0.15, -0.1) is 0 Å². The van der Waals surface area contributed by atoms with E-state index in [-0.39, 0.29) is 5.89 Å². The maximum Gasteiger partial charge on any atom is 0.316 e. The first-order valence-electron chi connectivity index (χ1n) is 7.47. The lowest BCUT2D eigenvalue weighted by atomic mass is 10.1. The van der Waals surface area contributed by atoms with Gasteiger partial charge in [0.2, 0.25) is 5.82 Å². The number of amides is 1. The summed E-state index contributed by atoms with van der Waals surface area (Å²) >= 11 is 0. The van der Waals surface area contributed by atoms with Gasteiger partial charge in [0.05, 0.1) is 7.11 Å². The Morgan fingerprint density at radius 1 is 1.21 bits per heavy atom. The van der Waals surface area contributed by atoms with Crippen LogP contribution in [0.1, 0.15) is 21.8 Å². The van der Waals surface area contributed by atoms with Crippen molar-refractivity contribution in [2.75, 3.05) is 7.11 Å². The first-order valence-corrected chi connectivity index (χ1v) is 7.47. The van der Waals surface area contributed by atoms with E-state index in [9.17, 15) is 4.79 Å². The fraction of sp³-hybridized carbons (Fsp3) is 0.167. The summed E-state index contributed by atoms with van der Waals surface area (Å²) in [6.45, 7) is 2.34. The van der Waals surface area contributed by atoms with Crippen LogP contribution in [-0.2, 0) is 6.54 Å². The number of nitrogens with one attached hydrogen (secondary N) is 1. The van der Waals surface area contributed by atoms with E-state index < -0.39 is 5.91 Å². The summed E-state index contributed by atoms with van der Waals surface area (Å²) in [5.74, 6) is 0.704. The van der Waals surface area contributed by atoms with Crippen LogP contribution >= 0.6 is 0 Å². The van der Waals surface area contributed by atoms with E-state index in [0.717, 1.165) is 22.4 Å². The minimum absolute atomic E-state index is 0.0555. The van der Waals surface area contributed by atoms with Crippen LogP contribution in [-0.4, -0.2) is 23.2 Å². The number of benzene rings is 2. The number of nitrogens with zero attached hydrogens (tertiary/aromatic N) is 2. The van der Waals surface area contributed by atoms with Crippen molar-refractivity contribution in [1.82, 2.24) is 15.5 Å². The highest BCUT2D eigenvalue weighted by Gasteiger charge is 2.15. The Hall–Kier alpha value is -3.15. The van der Waals surface area contributed by atoms with Crippen molar-refractivity contribution >= 4 is 5.91 Å². The third kappa shape index (κ3) is 3.60. The van der Waals surface area contributed by atoms with Crippen LogP contribution in [0.2, 0.25) is 0 Å². The number of carbonyl (C=O) groups excluding carboxylic acids is 1. The Bertz CT molecular complexity index is 841. The molecule has 24 heavy (non-hydrogen) atoms. The van der Waals surface area contributed by atoms with E-state index in [2.05, 4.69) is 15.5 Å². The molecular formula is C18H17N3O3. The first kappa shape index (κ1) is 15.7. The molecule has 0 saturated heterocycles. The van der Waals surface area contributed by atoms with Crippen molar-refractivity contribution in [2.45, 2.75) is 13.5 Å². The van der Waals surface area contributed by atoms with Gasteiger partial charge in [0.25, 0.3) is 0 Å². The lowest BCUT2D eigenvalue weighted by molar-refractivity contribution is 0.0907. The molecule has 6 heteroatoms. The fourth-order valence-corrected chi connectivity index (χ4v) is 2.22. The number of ether oxygens (including phenoxy) is 1. The number of hydrogen-bond donors (Lipinski definition) is 1. The van der Waals surface area contributed by atoms with Crippen LogP contribution in [0.15, 0.2) is 53.1 Å². The van der Waals surface area contributed by atoms with E-state index >= 15 is 0 Å². The monoisotopic (exact) mass is 323 g/mol. The van der Waals surface area contributed by atoms with Crippen LogP contribution in [0.25, 0.3) is 11.4 Å². The van der Waals surface area contributed by atoms with Crippen LogP contribution in [0.3, 0.4) is 0 Å². The summed E-state index contributed by atoms with van der Waals surface area (Å²) < 4.78 is 10.1. The highest BCUT2D eigenvalue weighted by Crippen LogP contribution is 2.17. The molecule has 0 aliphatic rings. The fourth-order valence-electron chi connectivity index (χ4n) is 2.22. The normalized spacial score (nSPS) is 10.4. The Kier molecular flexibility index (Phi) is 4.56. The van der Waals surface area contributed by atoms with Crippen LogP contribution < -0.4 is 10.1 Å². The lowest BCUT2D eigenvalue weighted by Gasteiger charge is -2.04. The summed E-state index contributed by atoms with van der Waals surface area (Å²) in [7, 11) is 1.61. The summed E-state index contributed by atoms with van der Waals surface area (Å²) in [5.41, 5.74) is 2.85. The largest absolute Gasteiger partial charge is 0.497 e. The molecule has 0 unspecified atom stereocenters. The van der Waals surface area contributed by atoms with Crippen molar-refractivity contribution < 1.29 is 14.1 Å². The third-order valence-electron chi connectivity index (χ3n) is 3.51. The zero-order valence-electron chi connectivity index (χ0n) is 13.4. The van der Waals surface area contributed by atoms with Gasteiger partial charge in [-0.05, 0) is 30.7 Å². The Morgan fingerprint density at radius 2 is 2.00 bits per heavy atom. The molecule has 0 aliphatic carbocycles. The first-order chi connectivity index (χ1) is 11.7. The molecule has 2 aromatic carbocycles. The number of aromatic nitrogens is 2. The second-order valence-corrected chi connectivity index (χ2v) is 5.32. The van der Waals surface area contributed by atoms with Gasteiger partial charge in [0.15, 0.2) is 0 Å². The van der Waals surface area contributed by atoms with Gasteiger partial charge in [0, 0.05) is 12.1 Å². The van der Waals surface area contributed by atoms with E-state index in [0.29, 0.717) is 12.4 Å². The number of carbonyl (C=O) groups is 1. The topological polar surface area (TPSA) is 77.2 Å². The van der Waals surface area contributed by atoms with Crippen LogP contribution in [0, 0.1) is 6.92 Å². The Morgan fingerprint density at radius 3 is 2.71 bits per heavy atom. The summed E-state index contributed by atoms with van der Waals surface area (Å²) in [6.07, 6.45) is 0. The predicted octanol–water partition coefficient (Wildman–Crippen LogP) is 2.98. The Labute approximate surface area is 139 Å². The third-order valence-corrected chi connectivity index (χ3v) is 3.51. The standard InChI is InChI=1S/C18H17N3O3/c1-12-4-3-5-14(10-12)16-20-18(24-21-16)17(22)19-11-13-6-8-15(23-2)9-7-13/h3-10H,11H2,1-2H3,(H,19,22). The molecule has 0 bridgehead atoms. The van der Waals surface area contributed by atoms with Crippen molar-refractivity contribution in [2.24, 2.45) is 0 Å². The summed E-state index contributed by atoms with van der Waals surface area (Å²) in [4.78, 5) is 16.3. The molecule has 1 aromatic heterocycles. The molecule has 0 saturated carbocycles. The lowest BCUT2D eigenvalue weighted by Crippen LogP contribution is -2.23. The van der Waals surface area contributed by atoms with E-state index in [1.165, 1.54) is 0 Å². The quantitative estimate of drug-likeness (QED) is 0.781. The van der Waals surface area contributed by atoms with E-state index in [1.807, 2.05) is 55.5 Å². The number of methoxy groups -OCH3 is 1. The van der Waals surface area contributed by atoms with E-state index in [4.69, 9.17) is 9.26 Å². The maximum absolute atomic E-state index is 12.1. The molecule has 1 N–H and O–H groups in total. The van der Waals surface area contributed by atoms with Crippen molar-refractivity contribution in [1.29, 1.82) is 0 Å². The molecule has 1 amide bonds. The second-order valence-electron chi connectivity index (χ2n) is 5.32. The van der Waals surface area contributed by atoms with Gasteiger partial charge in [0.1, 0.15) is 5.75 Å². The number of rotatable bonds is 5. The SMILES string of the molecule is COc1ccc(CNC(=O)c2nc(-c3cccc(C)c3)no2)cc1. The van der Waals surface area contributed by atoms with Gasteiger partial charge in [-0.1, -0.05) is 41.1 Å². The van der Waals surface area contributed by atoms with Gasteiger partial charge in [-0.25, -0.2) is 0 Å². The van der Waals surface area contributed by atoms with Crippen molar-refractivity contribution in [3.05, 3.63) is 65.5 Å². The van der Waals surface area contributed by atoms with Gasteiger partial charge < -0.3 is 14.6 Å². The molecule has 6 nitrogen and oxygen atoms in total. The minimum atomic E-state index is -0.405. The zero-order valence-corrected chi connectivity index (χ0v) is 13.4. The predicted molar refractivity (Wildman–Crippen MR) is 88.6 cm³/mol. The van der Waals surface area contributed by atoms with Crippen molar-refractivity contribution in [3.8, 4) is 17.1 Å². The molecule has 3 rings (SSSR count). The molecule has 0 radical (unpaired) electrons. The molecule has 0 atom stereocenters. The van der Waals surface area contributed by atoms with E-state index in [1.54, 1.807) is 7.11 Å². The van der Waals surface area contributed by atoms with Crippen LogP contribution in [0.4, 0.5) is 0 Å². The maximum atomic E-state index is 12.1. The zero-order chi connectivity index (χ0) is 16.9. The van der Waals surface area contributed by atoms with Gasteiger partial charge in [-0.3, -0.25) is 4.79 Å². The summed E-state index contributed by atoms with van der Waals surface area (Å²) in [6, 6.07) is 15.1. The highest BCUT2D eigenvalue weighted by molar-refractivity contribution is 5.89. The molecule has 122 valence electrons. The average molecular weight is 323 g/mol. The van der Waals surface area contributed by atoms with Crippen molar-refractivity contribution in [3.63, 3.8) is 0 Å². The van der Waals surface area contributed by atoms with Gasteiger partial charge >= 0.3 is 11.8 Å². The van der Waals surface area contributed by atoms with Gasteiger partial charge in [-0.2, -0.15) is 4.98 Å². The number of aryl methyl sites for hydroxylation is 1. The Balaban J connectivity index is 1.65. The molecule has 0 aliphatic heterocycles. The minimum Gasteiger partial charge on any atom is -0.497 e. The molecule has 0 fully saturated rings. The molecular weight excluding hydrogens is 306 g/mol. The smallest absolute Gasteiger partial charge is 0.316 e. The molecule has 3 aromatic rings. The second kappa shape index (κ2) is 6.95. The molecule has 1 heterocycles. The number of hydrogen-bond acceptors (Lipinski definition) is 5. The highest BCUT2D eigenvalue weighted by atomic mass is 16.5.